The van der Waals surface area contributed by atoms with Gasteiger partial charge in [0.15, 0.2) is 0 Å². The molecule has 0 aliphatic carbocycles. The van der Waals surface area contributed by atoms with Crippen molar-refractivity contribution in [1.29, 1.82) is 0 Å². The lowest BCUT2D eigenvalue weighted by molar-refractivity contribution is -0.113. The molecule has 0 aromatic rings. The van der Waals surface area contributed by atoms with Gasteiger partial charge in [-0.2, -0.15) is 0 Å². The Kier molecular flexibility index (Phi) is 2.14. The Hall–Kier alpha value is -0.970. The summed E-state index contributed by atoms with van der Waals surface area (Å²) in [5.41, 5.74) is 0. The molecule has 2 nitrogen and oxygen atoms in total. The summed E-state index contributed by atoms with van der Waals surface area (Å²) in [5.74, 6) is 2.54. The molecular formula is C7H9NO. The Morgan fingerprint density at radius 3 is 3.22 bits per heavy atom. The molecule has 0 atom stereocenters. The minimum atomic E-state index is 0.0576. The van der Waals surface area contributed by atoms with E-state index in [1.165, 1.54) is 0 Å². The largest absolute Gasteiger partial charge is 0.346 e. The molecule has 1 heterocycles. The van der Waals surface area contributed by atoms with Crippen molar-refractivity contribution >= 4 is 5.78 Å². The van der Waals surface area contributed by atoms with Crippen molar-refractivity contribution in [2.24, 2.45) is 0 Å². The van der Waals surface area contributed by atoms with Crippen LogP contribution in [0.25, 0.3) is 0 Å². The van der Waals surface area contributed by atoms with Crippen LogP contribution >= 0.6 is 0 Å². The van der Waals surface area contributed by atoms with Gasteiger partial charge in [-0.25, -0.2) is 0 Å². The van der Waals surface area contributed by atoms with E-state index in [0.717, 1.165) is 19.4 Å². The molecule has 0 unspecified atom stereocenters. The molecule has 48 valence electrons. The summed E-state index contributed by atoms with van der Waals surface area (Å²) >= 11 is 0. The molecule has 0 saturated heterocycles. The first-order valence-corrected chi connectivity index (χ1v) is 3.16. The molecule has 9 heavy (non-hydrogen) atoms. The van der Waals surface area contributed by atoms with Gasteiger partial charge < -0.3 is 5.32 Å². The Morgan fingerprint density at radius 2 is 2.33 bits per heavy atom. The van der Waals surface area contributed by atoms with Gasteiger partial charge in [0.1, 0.15) is 0 Å². The lowest BCUT2D eigenvalue weighted by Crippen LogP contribution is -2.11. The van der Waals surface area contributed by atoms with Gasteiger partial charge in [-0.3, -0.25) is 4.79 Å². The van der Waals surface area contributed by atoms with Crippen molar-refractivity contribution in [2.75, 3.05) is 6.54 Å². The second-order valence-electron chi connectivity index (χ2n) is 2.06. The highest BCUT2D eigenvalue weighted by Crippen LogP contribution is 1.95. The van der Waals surface area contributed by atoms with Crippen LogP contribution in [-0.4, -0.2) is 12.3 Å². The molecule has 0 fully saturated rings. The maximum Gasteiger partial charge on any atom is 0.207 e. The number of hydrogen-bond donors (Lipinski definition) is 1. The van der Waals surface area contributed by atoms with Crippen LogP contribution in [-0.2, 0) is 4.79 Å². The first kappa shape index (κ1) is 6.15. The topological polar surface area (TPSA) is 29.1 Å². The van der Waals surface area contributed by atoms with Crippen molar-refractivity contribution < 1.29 is 4.79 Å². The van der Waals surface area contributed by atoms with Crippen molar-refractivity contribution in [1.82, 2.24) is 5.32 Å². The summed E-state index contributed by atoms with van der Waals surface area (Å²) < 4.78 is 0. The number of hydrogen-bond acceptors (Lipinski definition) is 2. The fourth-order valence-electron chi connectivity index (χ4n) is 0.738. The zero-order valence-corrected chi connectivity index (χ0v) is 5.24. The Bertz CT molecular complexity index is 163. The van der Waals surface area contributed by atoms with E-state index in [1.54, 1.807) is 0 Å². The first-order chi connectivity index (χ1) is 4.39. The quantitative estimate of drug-likeness (QED) is 0.469. The van der Waals surface area contributed by atoms with Crippen LogP contribution in [0.15, 0.2) is 0 Å². The number of carbonyl (C=O) groups excluding carboxylic acids is 1. The van der Waals surface area contributed by atoms with Crippen LogP contribution in [0.3, 0.4) is 0 Å². The van der Waals surface area contributed by atoms with Crippen LogP contribution in [0, 0.1) is 12.0 Å². The Morgan fingerprint density at radius 1 is 1.44 bits per heavy atom. The molecular weight excluding hydrogens is 114 g/mol. The fraction of sp³-hybridized carbons (Fsp3) is 0.571. The molecule has 0 bridgehead atoms. The molecule has 0 aromatic carbocycles. The van der Waals surface area contributed by atoms with Gasteiger partial charge >= 0.3 is 0 Å². The average molecular weight is 123 g/mol. The molecule has 1 rings (SSSR count). The molecule has 0 aromatic heterocycles. The minimum Gasteiger partial charge on any atom is -0.346 e. The van der Waals surface area contributed by atoms with Gasteiger partial charge in [-0.1, -0.05) is 0 Å². The number of rotatable bonds is 0. The van der Waals surface area contributed by atoms with Crippen molar-refractivity contribution in [3.8, 4) is 12.0 Å². The predicted molar refractivity (Wildman–Crippen MR) is 34.6 cm³/mol. The van der Waals surface area contributed by atoms with Crippen LogP contribution in [0.4, 0.5) is 0 Å². The van der Waals surface area contributed by atoms with E-state index in [0.29, 0.717) is 6.42 Å². The molecule has 1 aliphatic rings. The number of carbonyl (C=O) groups is 1. The van der Waals surface area contributed by atoms with Crippen LogP contribution < -0.4 is 5.32 Å². The molecule has 1 N–H and O–H groups in total. The van der Waals surface area contributed by atoms with Crippen molar-refractivity contribution in [3.63, 3.8) is 0 Å². The number of Topliss-reactive ketones (excluding diaryl/α,β-unsaturated/α-hetero) is 1. The predicted octanol–water partition coefficient (Wildman–Crippen LogP) is 0.290. The highest BCUT2D eigenvalue weighted by Gasteiger charge is 1.97. The van der Waals surface area contributed by atoms with Gasteiger partial charge in [0, 0.05) is 19.0 Å². The summed E-state index contributed by atoms with van der Waals surface area (Å²) in [5, 5.41) is 2.84. The number of ketones is 1. The number of nitrogens with one attached hydrogen (secondary N) is 1. The van der Waals surface area contributed by atoms with Gasteiger partial charge in [0.2, 0.25) is 5.78 Å². The van der Waals surface area contributed by atoms with E-state index in [-0.39, 0.29) is 5.78 Å². The average Bonchev–Trinajstić information content (AvgIpc) is 1.79. The van der Waals surface area contributed by atoms with E-state index < -0.39 is 0 Å². The van der Waals surface area contributed by atoms with Gasteiger partial charge in [0.25, 0.3) is 0 Å². The van der Waals surface area contributed by atoms with E-state index in [9.17, 15) is 4.79 Å². The second-order valence-corrected chi connectivity index (χ2v) is 2.06. The maximum absolute atomic E-state index is 10.6. The van der Waals surface area contributed by atoms with E-state index in [4.69, 9.17) is 0 Å². The summed E-state index contributed by atoms with van der Waals surface area (Å²) in [6, 6.07) is 2.59. The summed E-state index contributed by atoms with van der Waals surface area (Å²) in [7, 11) is 0. The minimum absolute atomic E-state index is 0.0576. The van der Waals surface area contributed by atoms with Gasteiger partial charge in [-0.15, -0.1) is 0 Å². The van der Waals surface area contributed by atoms with Gasteiger partial charge in [-0.05, 0) is 18.8 Å². The summed E-state index contributed by atoms with van der Waals surface area (Å²) in [4.78, 5) is 10.6. The maximum atomic E-state index is 10.6. The van der Waals surface area contributed by atoms with Gasteiger partial charge in [0.05, 0.1) is 0 Å². The first-order valence-electron chi connectivity index (χ1n) is 3.16. The van der Waals surface area contributed by atoms with Crippen molar-refractivity contribution in [2.45, 2.75) is 19.3 Å². The van der Waals surface area contributed by atoms with Crippen LogP contribution in [0.5, 0.6) is 0 Å². The second kappa shape index (κ2) is 3.13. The monoisotopic (exact) mass is 123 g/mol. The van der Waals surface area contributed by atoms with E-state index in [1.807, 2.05) is 0 Å². The molecule has 2 heteroatoms. The smallest absolute Gasteiger partial charge is 0.207 e. The third-order valence-electron chi connectivity index (χ3n) is 1.25. The summed E-state index contributed by atoms with van der Waals surface area (Å²) in [6.07, 6.45) is 2.66. The lowest BCUT2D eigenvalue weighted by atomic mass is 10.1. The lowest BCUT2D eigenvalue weighted by Gasteiger charge is -1.99. The highest BCUT2D eigenvalue weighted by molar-refractivity contribution is 5.95. The van der Waals surface area contributed by atoms with Crippen LogP contribution in [0.1, 0.15) is 19.3 Å². The standard InChI is InChI=1S/C7H9NO/c9-7-3-1-2-5-8-6-4-7/h8H,1-3,5H2. The SMILES string of the molecule is O=C1C#CNCCCC1. The highest BCUT2D eigenvalue weighted by atomic mass is 16.1. The normalized spacial score (nSPS) is 18.4. The zero-order valence-electron chi connectivity index (χ0n) is 5.24. The molecule has 0 radical (unpaired) electrons. The molecule has 0 amide bonds. The third-order valence-corrected chi connectivity index (χ3v) is 1.25. The Labute approximate surface area is 54.6 Å². The van der Waals surface area contributed by atoms with Crippen LogP contribution in [0.2, 0.25) is 0 Å². The molecule has 0 spiro atoms. The summed E-state index contributed by atoms with van der Waals surface area (Å²) in [6.45, 7) is 0.917. The van der Waals surface area contributed by atoms with E-state index >= 15 is 0 Å². The van der Waals surface area contributed by atoms with Crippen molar-refractivity contribution in [3.05, 3.63) is 0 Å². The third kappa shape index (κ3) is 2.18. The molecule has 1 aliphatic heterocycles. The van der Waals surface area contributed by atoms with E-state index in [2.05, 4.69) is 17.3 Å². The zero-order chi connectivity index (χ0) is 6.53. The fourth-order valence-corrected chi connectivity index (χ4v) is 0.738. The Balaban J connectivity index is 2.47. The molecule has 0 saturated carbocycles.